The van der Waals surface area contributed by atoms with Crippen LogP contribution < -0.4 is 16.0 Å². The van der Waals surface area contributed by atoms with Crippen LogP contribution in [0, 0.1) is 0 Å². The molecule has 1 aliphatic rings. The summed E-state index contributed by atoms with van der Waals surface area (Å²) in [6.07, 6.45) is 2.47. The van der Waals surface area contributed by atoms with Crippen LogP contribution in [-0.2, 0) is 15.9 Å². The van der Waals surface area contributed by atoms with E-state index < -0.39 is 0 Å². The van der Waals surface area contributed by atoms with Gasteiger partial charge in [-0.2, -0.15) is 0 Å². The van der Waals surface area contributed by atoms with Crippen LogP contribution in [-0.4, -0.2) is 39.1 Å². The summed E-state index contributed by atoms with van der Waals surface area (Å²) in [5, 5.41) is 0. The van der Waals surface area contributed by atoms with Gasteiger partial charge in [-0.1, -0.05) is 6.07 Å². The highest BCUT2D eigenvalue weighted by atomic mass is 79.9. The van der Waals surface area contributed by atoms with Gasteiger partial charge in [0.05, 0.1) is 23.2 Å². The maximum atomic E-state index is 5.82. The number of methoxy groups -OCH3 is 2. The summed E-state index contributed by atoms with van der Waals surface area (Å²) < 4.78 is 17.5. The van der Waals surface area contributed by atoms with E-state index in [0.717, 1.165) is 29.5 Å². The Hall–Kier alpha value is -0.660. The lowest BCUT2D eigenvalue weighted by Crippen LogP contribution is -2.58. The molecule has 0 radical (unpaired) electrons. The van der Waals surface area contributed by atoms with Gasteiger partial charge >= 0.3 is 0 Å². The van der Waals surface area contributed by atoms with Crippen LogP contribution in [0.1, 0.15) is 18.4 Å². The van der Waals surface area contributed by atoms with Gasteiger partial charge in [-0.3, -0.25) is 11.3 Å². The number of hydrazine groups is 1. The highest BCUT2D eigenvalue weighted by Gasteiger charge is 2.40. The van der Waals surface area contributed by atoms with Crippen molar-refractivity contribution in [3.8, 4) is 5.75 Å². The van der Waals surface area contributed by atoms with E-state index in [0.29, 0.717) is 13.2 Å². The Morgan fingerprint density at radius 2 is 2.10 bits per heavy atom. The van der Waals surface area contributed by atoms with Crippen molar-refractivity contribution in [1.82, 2.24) is 5.43 Å². The van der Waals surface area contributed by atoms with Gasteiger partial charge in [0.25, 0.3) is 0 Å². The second kappa shape index (κ2) is 7.56. The molecule has 1 aromatic carbocycles. The smallest absolute Gasteiger partial charge is 0.133 e. The lowest BCUT2D eigenvalue weighted by atomic mass is 9.83. The van der Waals surface area contributed by atoms with Gasteiger partial charge in [-0.05, 0) is 40.0 Å². The minimum atomic E-state index is -0.278. The maximum absolute atomic E-state index is 5.82. The minimum Gasteiger partial charge on any atom is -0.496 e. The fourth-order valence-corrected chi connectivity index (χ4v) is 3.47. The predicted molar refractivity (Wildman–Crippen MR) is 85.3 cm³/mol. The number of benzene rings is 1. The van der Waals surface area contributed by atoms with Gasteiger partial charge in [0.1, 0.15) is 5.75 Å². The molecule has 1 heterocycles. The van der Waals surface area contributed by atoms with E-state index in [1.807, 2.05) is 6.07 Å². The van der Waals surface area contributed by atoms with Crippen molar-refractivity contribution in [2.24, 2.45) is 5.84 Å². The van der Waals surface area contributed by atoms with E-state index >= 15 is 0 Å². The Bertz CT molecular complexity index is 464. The lowest BCUT2D eigenvalue weighted by Gasteiger charge is -2.42. The molecule has 1 saturated heterocycles. The highest BCUT2D eigenvalue weighted by Crippen LogP contribution is 2.31. The standard InChI is InChI=1S/C15H23BrN2O3/c1-19-13-4-3-11(9-12(13)16)10-14(18-17)15(20-2)5-7-21-8-6-15/h3-4,9,14,18H,5-8,10,17H2,1-2H3. The van der Waals surface area contributed by atoms with E-state index in [1.54, 1.807) is 14.2 Å². The molecule has 0 aromatic heterocycles. The molecule has 1 atom stereocenters. The van der Waals surface area contributed by atoms with Crippen molar-refractivity contribution in [1.29, 1.82) is 0 Å². The minimum absolute atomic E-state index is 0.0340. The van der Waals surface area contributed by atoms with Crippen molar-refractivity contribution >= 4 is 15.9 Å². The van der Waals surface area contributed by atoms with Gasteiger partial charge in [0, 0.05) is 33.2 Å². The molecule has 2 rings (SSSR count). The number of ether oxygens (including phenoxy) is 3. The molecule has 1 aromatic rings. The molecular weight excluding hydrogens is 336 g/mol. The molecule has 21 heavy (non-hydrogen) atoms. The molecule has 3 N–H and O–H groups in total. The second-order valence-corrected chi connectivity index (χ2v) is 6.13. The molecule has 1 aliphatic heterocycles. The van der Waals surface area contributed by atoms with Crippen molar-refractivity contribution in [2.75, 3.05) is 27.4 Å². The quantitative estimate of drug-likeness (QED) is 0.601. The third kappa shape index (κ3) is 3.76. The number of rotatable bonds is 6. The Morgan fingerprint density at radius 3 is 2.62 bits per heavy atom. The van der Waals surface area contributed by atoms with Crippen molar-refractivity contribution < 1.29 is 14.2 Å². The van der Waals surface area contributed by atoms with Crippen LogP contribution in [0.5, 0.6) is 5.75 Å². The monoisotopic (exact) mass is 358 g/mol. The zero-order valence-electron chi connectivity index (χ0n) is 12.5. The van der Waals surface area contributed by atoms with Crippen molar-refractivity contribution in [2.45, 2.75) is 30.9 Å². The first-order valence-corrected chi connectivity index (χ1v) is 7.86. The van der Waals surface area contributed by atoms with Crippen LogP contribution in [0.4, 0.5) is 0 Å². The predicted octanol–water partition coefficient (Wildman–Crippen LogP) is 2.03. The van der Waals surface area contributed by atoms with Gasteiger partial charge in [0.15, 0.2) is 0 Å². The molecule has 0 saturated carbocycles. The maximum Gasteiger partial charge on any atom is 0.133 e. The molecule has 6 heteroatoms. The van der Waals surface area contributed by atoms with Crippen LogP contribution in [0.3, 0.4) is 0 Å². The SMILES string of the molecule is COc1ccc(CC(NN)C2(OC)CCOCC2)cc1Br. The fraction of sp³-hybridized carbons (Fsp3) is 0.600. The van der Waals surface area contributed by atoms with Crippen molar-refractivity contribution in [3.05, 3.63) is 28.2 Å². The average molecular weight is 359 g/mol. The summed E-state index contributed by atoms with van der Waals surface area (Å²) in [7, 11) is 3.41. The van der Waals surface area contributed by atoms with Gasteiger partial charge in [0.2, 0.25) is 0 Å². The highest BCUT2D eigenvalue weighted by molar-refractivity contribution is 9.10. The Morgan fingerprint density at radius 1 is 1.38 bits per heavy atom. The summed E-state index contributed by atoms with van der Waals surface area (Å²) in [6, 6.07) is 6.10. The number of hydrogen-bond donors (Lipinski definition) is 2. The topological polar surface area (TPSA) is 65.7 Å². The number of nitrogens with one attached hydrogen (secondary N) is 1. The van der Waals surface area contributed by atoms with E-state index in [-0.39, 0.29) is 11.6 Å². The summed E-state index contributed by atoms with van der Waals surface area (Å²) in [5.74, 6) is 6.62. The van der Waals surface area contributed by atoms with Crippen LogP contribution in [0.2, 0.25) is 0 Å². The number of halogens is 1. The summed E-state index contributed by atoms with van der Waals surface area (Å²) in [6.45, 7) is 1.41. The first-order chi connectivity index (χ1) is 10.1. The van der Waals surface area contributed by atoms with Gasteiger partial charge in [-0.25, -0.2) is 0 Å². The molecule has 0 amide bonds. The first-order valence-electron chi connectivity index (χ1n) is 7.06. The Kier molecular flexibility index (Phi) is 6.01. The normalized spacial score (nSPS) is 19.2. The zero-order chi connectivity index (χ0) is 15.3. The third-order valence-electron chi connectivity index (χ3n) is 4.24. The number of nitrogens with two attached hydrogens (primary N) is 1. The second-order valence-electron chi connectivity index (χ2n) is 5.27. The van der Waals surface area contributed by atoms with E-state index in [1.165, 1.54) is 5.56 Å². The average Bonchev–Trinajstić information content (AvgIpc) is 2.53. The van der Waals surface area contributed by atoms with E-state index in [4.69, 9.17) is 20.1 Å². The molecule has 0 aliphatic carbocycles. The molecule has 1 fully saturated rings. The molecule has 118 valence electrons. The number of hydrogen-bond acceptors (Lipinski definition) is 5. The molecule has 1 unspecified atom stereocenters. The Labute approximate surface area is 134 Å². The van der Waals surface area contributed by atoms with E-state index in [9.17, 15) is 0 Å². The molecule has 5 nitrogen and oxygen atoms in total. The Balaban J connectivity index is 2.16. The van der Waals surface area contributed by atoms with Crippen LogP contribution in [0.15, 0.2) is 22.7 Å². The third-order valence-corrected chi connectivity index (χ3v) is 4.86. The summed E-state index contributed by atoms with van der Waals surface area (Å²) in [5.41, 5.74) is 3.83. The lowest BCUT2D eigenvalue weighted by molar-refractivity contribution is -0.110. The fourth-order valence-electron chi connectivity index (χ4n) is 2.88. The van der Waals surface area contributed by atoms with Gasteiger partial charge < -0.3 is 14.2 Å². The molecule has 0 bridgehead atoms. The largest absolute Gasteiger partial charge is 0.496 e. The van der Waals surface area contributed by atoms with Gasteiger partial charge in [-0.15, -0.1) is 0 Å². The zero-order valence-corrected chi connectivity index (χ0v) is 14.1. The first kappa shape index (κ1) is 16.7. The molecule has 0 spiro atoms. The van der Waals surface area contributed by atoms with Crippen molar-refractivity contribution in [3.63, 3.8) is 0 Å². The van der Waals surface area contributed by atoms with Crippen LogP contribution in [0.25, 0.3) is 0 Å². The molecular formula is C15H23BrN2O3. The van der Waals surface area contributed by atoms with Crippen LogP contribution >= 0.6 is 15.9 Å². The summed E-state index contributed by atoms with van der Waals surface area (Å²) in [4.78, 5) is 0. The van der Waals surface area contributed by atoms with E-state index in [2.05, 4.69) is 33.5 Å². The summed E-state index contributed by atoms with van der Waals surface area (Å²) >= 11 is 3.52.